The van der Waals surface area contributed by atoms with Crippen LogP contribution in [0.4, 0.5) is 17.1 Å². The molecule has 0 unspecified atom stereocenters. The summed E-state index contributed by atoms with van der Waals surface area (Å²) in [7, 11) is 0. The maximum Gasteiger partial charge on any atom is 0.277 e. The van der Waals surface area contributed by atoms with Crippen molar-refractivity contribution in [2.75, 3.05) is 5.32 Å². The van der Waals surface area contributed by atoms with Crippen LogP contribution in [0.3, 0.4) is 0 Å². The summed E-state index contributed by atoms with van der Waals surface area (Å²) in [5.74, 6) is -0.859. The highest BCUT2D eigenvalue weighted by Gasteiger charge is 2.20. The van der Waals surface area contributed by atoms with Crippen molar-refractivity contribution in [1.82, 2.24) is 5.32 Å². The third kappa shape index (κ3) is 5.09. The lowest BCUT2D eigenvalue weighted by Crippen LogP contribution is -2.34. The number of non-ortho nitro benzene ring substituents is 2. The molecule has 0 saturated carbocycles. The molecule has 0 aliphatic heterocycles. The molecule has 0 aliphatic rings. The molecular formula is C14H8Cl2N4O5S. The van der Waals surface area contributed by atoms with Crippen molar-refractivity contribution in [3.8, 4) is 0 Å². The Balaban J connectivity index is 2.19. The van der Waals surface area contributed by atoms with E-state index in [-0.39, 0.29) is 10.7 Å². The summed E-state index contributed by atoms with van der Waals surface area (Å²) in [6.07, 6.45) is 0. The molecule has 2 rings (SSSR count). The van der Waals surface area contributed by atoms with Gasteiger partial charge in [0.2, 0.25) is 0 Å². The smallest absolute Gasteiger partial charge is 0.277 e. The molecule has 0 aliphatic carbocycles. The zero-order chi connectivity index (χ0) is 19.4. The van der Waals surface area contributed by atoms with Gasteiger partial charge in [0.1, 0.15) is 0 Å². The number of hydrogen-bond donors (Lipinski definition) is 2. The average molecular weight is 415 g/mol. The van der Waals surface area contributed by atoms with Crippen molar-refractivity contribution in [2.24, 2.45) is 0 Å². The van der Waals surface area contributed by atoms with E-state index in [4.69, 9.17) is 35.4 Å². The molecule has 2 aromatic carbocycles. The molecule has 2 aromatic rings. The Morgan fingerprint density at radius 1 is 0.923 bits per heavy atom. The lowest BCUT2D eigenvalue weighted by molar-refractivity contribution is -0.394. The third-order valence-electron chi connectivity index (χ3n) is 2.93. The first kappa shape index (κ1) is 19.5. The summed E-state index contributed by atoms with van der Waals surface area (Å²) in [6.45, 7) is 0. The maximum absolute atomic E-state index is 12.2. The third-order valence-corrected chi connectivity index (χ3v) is 3.57. The largest absolute Gasteiger partial charge is 0.332 e. The minimum absolute atomic E-state index is 0.150. The van der Waals surface area contributed by atoms with Gasteiger partial charge in [-0.2, -0.15) is 0 Å². The average Bonchev–Trinajstić information content (AvgIpc) is 2.52. The Hall–Kier alpha value is -2.82. The van der Waals surface area contributed by atoms with Crippen LogP contribution in [0.15, 0.2) is 36.4 Å². The number of halogens is 2. The molecule has 0 bridgehead atoms. The molecule has 0 spiro atoms. The lowest BCUT2D eigenvalue weighted by atomic mass is 10.1. The predicted molar refractivity (Wildman–Crippen MR) is 99.9 cm³/mol. The summed E-state index contributed by atoms with van der Waals surface area (Å²) in [4.78, 5) is 32.2. The van der Waals surface area contributed by atoms with E-state index in [2.05, 4.69) is 10.6 Å². The molecule has 0 radical (unpaired) electrons. The molecule has 0 aromatic heterocycles. The van der Waals surface area contributed by atoms with Crippen molar-refractivity contribution in [3.63, 3.8) is 0 Å². The molecule has 12 heteroatoms. The SMILES string of the molecule is O=C(NC(=S)Nc1cc(Cl)cc(Cl)c1)c1cc([N+](=O)[O-])cc([N+](=O)[O-])c1. The minimum Gasteiger partial charge on any atom is -0.332 e. The van der Waals surface area contributed by atoms with Crippen LogP contribution < -0.4 is 10.6 Å². The number of nitrogens with zero attached hydrogens (tertiary/aromatic N) is 2. The van der Waals surface area contributed by atoms with E-state index in [1.54, 1.807) is 0 Å². The van der Waals surface area contributed by atoms with E-state index in [0.717, 1.165) is 18.2 Å². The van der Waals surface area contributed by atoms with E-state index in [1.165, 1.54) is 18.2 Å². The molecule has 26 heavy (non-hydrogen) atoms. The first-order valence-electron chi connectivity index (χ1n) is 6.68. The summed E-state index contributed by atoms with van der Waals surface area (Å²) in [5, 5.41) is 27.2. The van der Waals surface area contributed by atoms with Gasteiger partial charge in [0, 0.05) is 27.9 Å². The molecule has 9 nitrogen and oxygen atoms in total. The van der Waals surface area contributed by atoms with Crippen molar-refractivity contribution in [1.29, 1.82) is 0 Å². The quantitative estimate of drug-likeness (QED) is 0.440. The second-order valence-electron chi connectivity index (χ2n) is 4.82. The number of hydrogen-bond acceptors (Lipinski definition) is 6. The lowest BCUT2D eigenvalue weighted by Gasteiger charge is -2.10. The van der Waals surface area contributed by atoms with Crippen molar-refractivity contribution < 1.29 is 14.6 Å². The van der Waals surface area contributed by atoms with Gasteiger partial charge in [-0.05, 0) is 30.4 Å². The van der Waals surface area contributed by atoms with E-state index < -0.39 is 27.1 Å². The van der Waals surface area contributed by atoms with Crippen molar-refractivity contribution in [3.05, 3.63) is 72.2 Å². The van der Waals surface area contributed by atoms with Gasteiger partial charge in [0.05, 0.1) is 21.5 Å². The molecule has 134 valence electrons. The van der Waals surface area contributed by atoms with Crippen LogP contribution >= 0.6 is 35.4 Å². The van der Waals surface area contributed by atoms with Crippen LogP contribution in [-0.4, -0.2) is 20.9 Å². The van der Waals surface area contributed by atoms with Gasteiger partial charge in [0.25, 0.3) is 17.3 Å². The summed E-state index contributed by atoms with van der Waals surface area (Å²) in [5.41, 5.74) is -1.08. The summed E-state index contributed by atoms with van der Waals surface area (Å²) >= 11 is 16.7. The first-order valence-corrected chi connectivity index (χ1v) is 7.84. The Labute approximate surface area is 161 Å². The summed E-state index contributed by atoms with van der Waals surface area (Å²) < 4.78 is 0. The normalized spacial score (nSPS) is 10.1. The molecule has 2 N–H and O–H groups in total. The molecule has 0 saturated heterocycles. The fraction of sp³-hybridized carbons (Fsp3) is 0. The number of nitro benzene ring substituents is 2. The number of nitrogens with one attached hydrogen (secondary N) is 2. The standard InChI is InChI=1S/C14H8Cl2N4O5S/c15-8-3-9(16)5-10(4-8)17-14(26)18-13(21)7-1-11(19(22)23)6-12(2-7)20(24)25/h1-6H,(H2,17,18,21,26). The molecular weight excluding hydrogens is 407 g/mol. The molecule has 0 fully saturated rings. The van der Waals surface area contributed by atoms with Crippen LogP contribution in [0, 0.1) is 20.2 Å². The topological polar surface area (TPSA) is 127 Å². The van der Waals surface area contributed by atoms with Crippen LogP contribution in [0.2, 0.25) is 10.0 Å². The number of benzene rings is 2. The number of carbonyl (C=O) groups excluding carboxylic acids is 1. The number of anilines is 1. The molecule has 0 heterocycles. The highest BCUT2D eigenvalue weighted by molar-refractivity contribution is 7.80. The van der Waals surface area contributed by atoms with Crippen LogP contribution in [0.25, 0.3) is 0 Å². The Morgan fingerprint density at radius 3 is 1.88 bits per heavy atom. The fourth-order valence-corrected chi connectivity index (χ4v) is 2.64. The van der Waals surface area contributed by atoms with E-state index in [0.29, 0.717) is 15.7 Å². The molecule has 1 amide bonds. The minimum atomic E-state index is -0.859. The van der Waals surface area contributed by atoms with Crippen LogP contribution in [0.5, 0.6) is 0 Å². The highest BCUT2D eigenvalue weighted by Crippen LogP contribution is 2.24. The van der Waals surface area contributed by atoms with Gasteiger partial charge < -0.3 is 5.32 Å². The monoisotopic (exact) mass is 414 g/mol. The molecule has 0 atom stereocenters. The Kier molecular flexibility index (Phi) is 6.03. The van der Waals surface area contributed by atoms with Crippen molar-refractivity contribution in [2.45, 2.75) is 0 Å². The fourth-order valence-electron chi connectivity index (χ4n) is 1.90. The predicted octanol–water partition coefficient (Wildman–Crippen LogP) is 3.94. The Bertz CT molecular complexity index is 885. The number of nitro groups is 2. The highest BCUT2D eigenvalue weighted by atomic mass is 35.5. The summed E-state index contributed by atoms with van der Waals surface area (Å²) in [6, 6.07) is 7.07. The van der Waals surface area contributed by atoms with Gasteiger partial charge >= 0.3 is 0 Å². The number of carbonyl (C=O) groups is 1. The first-order chi connectivity index (χ1) is 12.2. The van der Waals surface area contributed by atoms with Gasteiger partial charge in [-0.15, -0.1) is 0 Å². The van der Waals surface area contributed by atoms with Crippen LogP contribution in [-0.2, 0) is 0 Å². The van der Waals surface area contributed by atoms with E-state index in [1.807, 2.05) is 0 Å². The van der Waals surface area contributed by atoms with Gasteiger partial charge in [-0.1, -0.05) is 23.2 Å². The number of thiocarbonyl (C=S) groups is 1. The second kappa shape index (κ2) is 8.04. The van der Waals surface area contributed by atoms with E-state index >= 15 is 0 Å². The van der Waals surface area contributed by atoms with Gasteiger partial charge in [-0.25, -0.2) is 0 Å². The maximum atomic E-state index is 12.2. The zero-order valence-electron chi connectivity index (χ0n) is 12.6. The Morgan fingerprint density at radius 2 is 1.42 bits per heavy atom. The zero-order valence-corrected chi connectivity index (χ0v) is 14.9. The van der Waals surface area contributed by atoms with E-state index in [9.17, 15) is 25.0 Å². The van der Waals surface area contributed by atoms with Gasteiger partial charge in [-0.3, -0.25) is 30.3 Å². The number of amides is 1. The van der Waals surface area contributed by atoms with Crippen molar-refractivity contribution >= 4 is 63.5 Å². The number of rotatable bonds is 4. The van der Waals surface area contributed by atoms with Gasteiger partial charge in [0.15, 0.2) is 5.11 Å². The van der Waals surface area contributed by atoms with Crippen LogP contribution in [0.1, 0.15) is 10.4 Å². The second-order valence-corrected chi connectivity index (χ2v) is 6.10.